The van der Waals surface area contributed by atoms with E-state index in [9.17, 15) is 15.0 Å². The van der Waals surface area contributed by atoms with E-state index >= 15 is 0 Å². The lowest BCUT2D eigenvalue weighted by molar-refractivity contribution is 0.263. The summed E-state index contributed by atoms with van der Waals surface area (Å²) < 4.78 is 0. The molecule has 3 aromatic rings. The van der Waals surface area contributed by atoms with Gasteiger partial charge in [0.25, 0.3) is 5.56 Å². The van der Waals surface area contributed by atoms with Crippen molar-refractivity contribution < 1.29 is 10.2 Å². The van der Waals surface area contributed by atoms with Crippen LogP contribution in [0.1, 0.15) is 46.7 Å². The number of piperidine rings is 1. The molecule has 2 heterocycles. The number of H-pyrrole nitrogens is 1. The largest absolute Gasteiger partial charge is 0.502 e. The summed E-state index contributed by atoms with van der Waals surface area (Å²) in [6, 6.07) is 16.5. The Kier molecular flexibility index (Phi) is 8.10. The standard InChI is InChI=1S/C27H30N4O3/c32-17-23(15-25-26(33)27(34)31-18-30-25)22-9-7-20(8-10-22)2-1-19-3-5-21(6-4-19)16-29-24-11-13-28-14-12-24/h3-10,18,23-24,28-29,32-33H,11-17H2,(H,30,31,34). The lowest BCUT2D eigenvalue weighted by Gasteiger charge is -2.23. The molecule has 0 radical (unpaired) electrons. The average Bonchev–Trinajstić information content (AvgIpc) is 2.89. The van der Waals surface area contributed by atoms with Gasteiger partial charge >= 0.3 is 0 Å². The molecule has 0 bridgehead atoms. The third-order valence-corrected chi connectivity index (χ3v) is 6.19. The molecule has 1 aromatic heterocycles. The molecular weight excluding hydrogens is 428 g/mol. The van der Waals surface area contributed by atoms with Crippen molar-refractivity contribution in [3.05, 3.63) is 93.2 Å². The lowest BCUT2D eigenvalue weighted by atomic mass is 9.94. The Bertz CT molecular complexity index is 1190. The Morgan fingerprint density at radius 3 is 2.32 bits per heavy atom. The lowest BCUT2D eigenvalue weighted by Crippen LogP contribution is -2.39. The van der Waals surface area contributed by atoms with Gasteiger partial charge in [0, 0.05) is 36.1 Å². The number of aromatic hydroxyl groups is 1. The molecule has 7 nitrogen and oxygen atoms in total. The van der Waals surface area contributed by atoms with Crippen molar-refractivity contribution in [3.63, 3.8) is 0 Å². The molecule has 1 saturated heterocycles. The van der Waals surface area contributed by atoms with Crippen molar-refractivity contribution in [2.24, 2.45) is 0 Å². The molecule has 1 aliphatic heterocycles. The molecule has 5 N–H and O–H groups in total. The van der Waals surface area contributed by atoms with E-state index < -0.39 is 11.3 Å². The number of aromatic amines is 1. The molecule has 1 fully saturated rings. The molecule has 1 unspecified atom stereocenters. The fourth-order valence-electron chi connectivity index (χ4n) is 4.08. The zero-order valence-electron chi connectivity index (χ0n) is 19.1. The van der Waals surface area contributed by atoms with Gasteiger partial charge in [-0.3, -0.25) is 4.79 Å². The Labute approximate surface area is 199 Å². The molecule has 1 aliphatic rings. The van der Waals surface area contributed by atoms with Crippen LogP contribution in [0.4, 0.5) is 0 Å². The van der Waals surface area contributed by atoms with Gasteiger partial charge in [-0.25, -0.2) is 4.98 Å². The SMILES string of the molecule is O=c1[nH]cnc(CC(CO)c2ccc(C#Cc3ccc(CNC4CCNCC4)cc3)cc2)c1O. The second-order valence-electron chi connectivity index (χ2n) is 8.58. The number of aliphatic hydroxyl groups excluding tert-OH is 1. The van der Waals surface area contributed by atoms with Gasteiger partial charge in [0.2, 0.25) is 5.75 Å². The third-order valence-electron chi connectivity index (χ3n) is 6.19. The highest BCUT2D eigenvalue weighted by atomic mass is 16.3. The van der Waals surface area contributed by atoms with E-state index in [1.807, 2.05) is 36.4 Å². The minimum Gasteiger partial charge on any atom is -0.502 e. The number of aromatic nitrogens is 2. The molecule has 176 valence electrons. The number of hydrogen-bond acceptors (Lipinski definition) is 6. The molecule has 34 heavy (non-hydrogen) atoms. The monoisotopic (exact) mass is 458 g/mol. The molecule has 1 atom stereocenters. The molecule has 0 saturated carbocycles. The second-order valence-corrected chi connectivity index (χ2v) is 8.58. The van der Waals surface area contributed by atoms with Crippen LogP contribution < -0.4 is 16.2 Å². The van der Waals surface area contributed by atoms with Crippen molar-refractivity contribution in [2.45, 2.75) is 37.8 Å². The maximum Gasteiger partial charge on any atom is 0.293 e. The summed E-state index contributed by atoms with van der Waals surface area (Å²) in [5, 5.41) is 26.7. The van der Waals surface area contributed by atoms with Crippen LogP contribution in [0.3, 0.4) is 0 Å². The summed E-state index contributed by atoms with van der Waals surface area (Å²) >= 11 is 0. The van der Waals surface area contributed by atoms with Gasteiger partial charge in [0.15, 0.2) is 0 Å². The maximum absolute atomic E-state index is 11.6. The van der Waals surface area contributed by atoms with E-state index in [1.54, 1.807) is 0 Å². The van der Waals surface area contributed by atoms with E-state index in [2.05, 4.69) is 44.6 Å². The topological polar surface area (TPSA) is 110 Å². The summed E-state index contributed by atoms with van der Waals surface area (Å²) in [5.74, 6) is 5.69. The van der Waals surface area contributed by atoms with Crippen molar-refractivity contribution in [1.82, 2.24) is 20.6 Å². The van der Waals surface area contributed by atoms with E-state index in [1.165, 1.54) is 24.7 Å². The summed E-state index contributed by atoms with van der Waals surface area (Å²) in [6.45, 7) is 2.92. The van der Waals surface area contributed by atoms with Gasteiger partial charge < -0.3 is 25.8 Å². The molecule has 4 rings (SSSR count). The second kappa shape index (κ2) is 11.6. The van der Waals surface area contributed by atoms with Gasteiger partial charge in [-0.2, -0.15) is 0 Å². The summed E-state index contributed by atoms with van der Waals surface area (Å²) in [4.78, 5) is 17.9. The average molecular weight is 459 g/mol. The molecule has 7 heteroatoms. The van der Waals surface area contributed by atoms with Gasteiger partial charge in [0.05, 0.1) is 18.6 Å². The summed E-state index contributed by atoms with van der Waals surface area (Å²) in [6.07, 6.45) is 3.86. The zero-order valence-corrected chi connectivity index (χ0v) is 19.1. The van der Waals surface area contributed by atoms with E-state index in [4.69, 9.17) is 0 Å². The van der Waals surface area contributed by atoms with Crippen LogP contribution in [-0.2, 0) is 13.0 Å². The van der Waals surface area contributed by atoms with Crippen LogP contribution in [0.5, 0.6) is 5.75 Å². The van der Waals surface area contributed by atoms with E-state index in [0.717, 1.165) is 36.3 Å². The smallest absolute Gasteiger partial charge is 0.293 e. The first-order chi connectivity index (χ1) is 16.6. The Morgan fingerprint density at radius 1 is 1.03 bits per heavy atom. The first kappa shape index (κ1) is 23.7. The highest BCUT2D eigenvalue weighted by Gasteiger charge is 2.16. The molecule has 2 aromatic carbocycles. The Morgan fingerprint density at radius 2 is 1.68 bits per heavy atom. The van der Waals surface area contributed by atoms with Crippen molar-refractivity contribution >= 4 is 0 Å². The normalized spacial score (nSPS) is 14.9. The van der Waals surface area contributed by atoms with Crippen LogP contribution in [-0.4, -0.2) is 45.9 Å². The predicted molar refractivity (Wildman–Crippen MR) is 132 cm³/mol. The first-order valence-corrected chi connectivity index (χ1v) is 11.6. The highest BCUT2D eigenvalue weighted by molar-refractivity contribution is 5.44. The van der Waals surface area contributed by atoms with Crippen molar-refractivity contribution in [3.8, 4) is 17.6 Å². The minimum atomic E-state index is -0.585. The van der Waals surface area contributed by atoms with E-state index in [0.29, 0.717) is 6.04 Å². The van der Waals surface area contributed by atoms with Crippen LogP contribution in [0.25, 0.3) is 0 Å². The highest BCUT2D eigenvalue weighted by Crippen LogP contribution is 2.22. The quantitative estimate of drug-likeness (QED) is 0.347. The first-order valence-electron chi connectivity index (χ1n) is 11.6. The maximum atomic E-state index is 11.6. The zero-order chi connectivity index (χ0) is 23.8. The number of hydrogen-bond donors (Lipinski definition) is 5. The van der Waals surface area contributed by atoms with Crippen LogP contribution in [0, 0.1) is 11.8 Å². The van der Waals surface area contributed by atoms with Crippen molar-refractivity contribution in [1.29, 1.82) is 0 Å². The molecule has 0 amide bonds. The van der Waals surface area contributed by atoms with Crippen molar-refractivity contribution in [2.75, 3.05) is 19.7 Å². The fourth-order valence-corrected chi connectivity index (χ4v) is 4.08. The number of nitrogens with one attached hydrogen (secondary N) is 3. The van der Waals surface area contributed by atoms with Crippen LogP contribution >= 0.6 is 0 Å². The van der Waals surface area contributed by atoms with Gasteiger partial charge in [-0.05, 0) is 61.3 Å². The number of rotatable bonds is 7. The van der Waals surface area contributed by atoms with Gasteiger partial charge in [0.1, 0.15) is 0 Å². The van der Waals surface area contributed by atoms with Crippen LogP contribution in [0.15, 0.2) is 59.7 Å². The molecule has 0 spiro atoms. The van der Waals surface area contributed by atoms with Gasteiger partial charge in [-0.1, -0.05) is 36.1 Å². The Balaban J connectivity index is 1.35. The molecular formula is C27H30N4O3. The summed E-state index contributed by atoms with van der Waals surface area (Å²) in [5.41, 5.74) is 3.65. The number of aliphatic hydroxyl groups is 1. The van der Waals surface area contributed by atoms with E-state index in [-0.39, 0.29) is 24.6 Å². The number of benzene rings is 2. The van der Waals surface area contributed by atoms with Crippen LogP contribution in [0.2, 0.25) is 0 Å². The van der Waals surface area contributed by atoms with Gasteiger partial charge in [-0.15, -0.1) is 0 Å². The number of nitrogens with zero attached hydrogens (tertiary/aromatic N) is 1. The third kappa shape index (κ3) is 6.33. The summed E-state index contributed by atoms with van der Waals surface area (Å²) in [7, 11) is 0. The molecule has 0 aliphatic carbocycles. The fraction of sp³-hybridized carbons (Fsp3) is 0.333. The predicted octanol–water partition coefficient (Wildman–Crippen LogP) is 2.04. The minimum absolute atomic E-state index is 0.127. The Hall–Kier alpha value is -3.44.